The monoisotopic (exact) mass is 271 g/mol. The Balaban J connectivity index is 2.12. The van der Waals surface area contributed by atoms with Crippen molar-refractivity contribution in [2.45, 2.75) is 32.8 Å². The largest absolute Gasteiger partial charge is 0.374 e. The van der Waals surface area contributed by atoms with Crippen LogP contribution in [-0.4, -0.2) is 74.7 Å². The van der Waals surface area contributed by atoms with E-state index in [1.807, 2.05) is 18.7 Å². The first-order valence-corrected chi connectivity index (χ1v) is 7.46. The van der Waals surface area contributed by atoms with Crippen LogP contribution in [0.5, 0.6) is 0 Å². The highest BCUT2D eigenvalue weighted by atomic mass is 16.5. The van der Waals surface area contributed by atoms with Crippen molar-refractivity contribution in [2.24, 2.45) is 0 Å². The van der Waals surface area contributed by atoms with Gasteiger partial charge in [0, 0.05) is 39.1 Å². The molecule has 0 bridgehead atoms. The van der Waals surface area contributed by atoms with Gasteiger partial charge >= 0.3 is 0 Å². The van der Waals surface area contributed by atoms with Crippen molar-refractivity contribution >= 4 is 5.91 Å². The van der Waals surface area contributed by atoms with Gasteiger partial charge in [0.25, 0.3) is 0 Å². The molecule has 1 fully saturated rings. The Labute approximate surface area is 117 Å². The lowest BCUT2D eigenvalue weighted by atomic mass is 10.2. The number of ether oxygens (including phenoxy) is 1. The first-order chi connectivity index (χ1) is 9.17. The minimum Gasteiger partial charge on any atom is -0.374 e. The smallest absolute Gasteiger partial charge is 0.222 e. The van der Waals surface area contributed by atoms with Crippen LogP contribution >= 0.6 is 0 Å². The van der Waals surface area contributed by atoms with Gasteiger partial charge in [-0.05, 0) is 33.9 Å². The van der Waals surface area contributed by atoms with Gasteiger partial charge in [-0.1, -0.05) is 0 Å². The van der Waals surface area contributed by atoms with E-state index in [1.54, 1.807) is 0 Å². The number of hydrogen-bond acceptors (Lipinski definition) is 4. The topological polar surface area (TPSA) is 44.8 Å². The molecule has 5 nitrogen and oxygen atoms in total. The van der Waals surface area contributed by atoms with Crippen LogP contribution in [0.1, 0.15) is 26.7 Å². The van der Waals surface area contributed by atoms with Gasteiger partial charge in [0.15, 0.2) is 0 Å². The van der Waals surface area contributed by atoms with Crippen molar-refractivity contribution in [2.75, 3.05) is 52.9 Å². The molecule has 0 aromatic rings. The van der Waals surface area contributed by atoms with Gasteiger partial charge in [-0.25, -0.2) is 0 Å². The van der Waals surface area contributed by atoms with Crippen molar-refractivity contribution in [3.8, 4) is 0 Å². The SMILES string of the molecule is CCN(CC)C(=O)CCCN(C)CC1CNCCO1. The Bertz CT molecular complexity index is 251. The van der Waals surface area contributed by atoms with Crippen molar-refractivity contribution in [1.29, 1.82) is 0 Å². The molecule has 5 heteroatoms. The van der Waals surface area contributed by atoms with Crippen LogP contribution < -0.4 is 5.32 Å². The summed E-state index contributed by atoms with van der Waals surface area (Å²) in [4.78, 5) is 16.0. The van der Waals surface area contributed by atoms with Crippen molar-refractivity contribution in [3.63, 3.8) is 0 Å². The Kier molecular flexibility index (Phi) is 8.02. The third kappa shape index (κ3) is 6.36. The number of carbonyl (C=O) groups excluding carboxylic acids is 1. The summed E-state index contributed by atoms with van der Waals surface area (Å²) >= 11 is 0. The summed E-state index contributed by atoms with van der Waals surface area (Å²) < 4.78 is 5.67. The van der Waals surface area contributed by atoms with Gasteiger partial charge in [0.05, 0.1) is 12.7 Å². The maximum Gasteiger partial charge on any atom is 0.222 e. The Morgan fingerprint density at radius 2 is 2.11 bits per heavy atom. The van der Waals surface area contributed by atoms with E-state index >= 15 is 0 Å². The summed E-state index contributed by atoms with van der Waals surface area (Å²) in [7, 11) is 2.10. The van der Waals surface area contributed by atoms with Crippen molar-refractivity contribution < 1.29 is 9.53 Å². The number of nitrogens with zero attached hydrogens (tertiary/aromatic N) is 2. The molecule has 1 atom stereocenters. The highest BCUT2D eigenvalue weighted by molar-refractivity contribution is 5.76. The van der Waals surface area contributed by atoms with E-state index in [-0.39, 0.29) is 12.0 Å². The maximum atomic E-state index is 11.8. The fraction of sp³-hybridized carbons (Fsp3) is 0.929. The molecule has 1 heterocycles. The molecule has 0 aromatic carbocycles. The third-order valence-corrected chi connectivity index (χ3v) is 3.57. The Hall–Kier alpha value is -0.650. The lowest BCUT2D eigenvalue weighted by Gasteiger charge is -2.28. The predicted octanol–water partition coefficient (Wildman–Crippen LogP) is 0.555. The Morgan fingerprint density at radius 3 is 2.68 bits per heavy atom. The number of carbonyl (C=O) groups is 1. The fourth-order valence-corrected chi connectivity index (χ4v) is 2.41. The molecule has 19 heavy (non-hydrogen) atoms. The second-order valence-corrected chi connectivity index (χ2v) is 5.13. The first-order valence-electron chi connectivity index (χ1n) is 7.46. The zero-order valence-corrected chi connectivity index (χ0v) is 12.7. The second kappa shape index (κ2) is 9.28. The molecule has 0 aromatic heterocycles. The lowest BCUT2D eigenvalue weighted by molar-refractivity contribution is -0.130. The molecule has 1 N–H and O–H groups in total. The number of morpholine rings is 1. The van der Waals surface area contributed by atoms with E-state index in [1.165, 1.54) is 0 Å². The van der Waals surface area contributed by atoms with Gasteiger partial charge < -0.3 is 19.9 Å². The normalized spacial score (nSPS) is 19.7. The summed E-state index contributed by atoms with van der Waals surface area (Å²) in [6, 6.07) is 0. The highest BCUT2D eigenvalue weighted by Crippen LogP contribution is 2.02. The zero-order chi connectivity index (χ0) is 14.1. The molecular weight excluding hydrogens is 242 g/mol. The van der Waals surface area contributed by atoms with Gasteiger partial charge in [0.1, 0.15) is 0 Å². The van der Waals surface area contributed by atoms with E-state index in [0.29, 0.717) is 6.42 Å². The van der Waals surface area contributed by atoms with E-state index < -0.39 is 0 Å². The van der Waals surface area contributed by atoms with Crippen LogP contribution in [-0.2, 0) is 9.53 Å². The first kappa shape index (κ1) is 16.4. The number of rotatable bonds is 8. The van der Waals surface area contributed by atoms with Gasteiger partial charge in [-0.2, -0.15) is 0 Å². The summed E-state index contributed by atoms with van der Waals surface area (Å²) in [6.07, 6.45) is 1.86. The molecule has 112 valence electrons. The summed E-state index contributed by atoms with van der Waals surface area (Å²) in [5, 5.41) is 3.33. The number of nitrogens with one attached hydrogen (secondary N) is 1. The molecular formula is C14H29N3O2. The second-order valence-electron chi connectivity index (χ2n) is 5.13. The average molecular weight is 271 g/mol. The minimum atomic E-state index is 0.272. The molecule has 0 saturated carbocycles. The lowest BCUT2D eigenvalue weighted by Crippen LogP contribution is -2.44. The molecule has 1 rings (SSSR count). The van der Waals surface area contributed by atoms with Gasteiger partial charge in [-0.15, -0.1) is 0 Å². The minimum absolute atomic E-state index is 0.272. The number of amides is 1. The molecule has 1 amide bonds. The molecule has 0 spiro atoms. The average Bonchev–Trinajstić information content (AvgIpc) is 2.41. The number of likely N-dealkylation sites (N-methyl/N-ethyl adjacent to an activating group) is 1. The molecule has 0 aliphatic carbocycles. The molecule has 1 aliphatic heterocycles. The van der Waals surface area contributed by atoms with Gasteiger partial charge in [-0.3, -0.25) is 4.79 Å². The maximum absolute atomic E-state index is 11.8. The predicted molar refractivity (Wildman–Crippen MR) is 77.3 cm³/mol. The van der Waals surface area contributed by atoms with Crippen LogP contribution in [0.2, 0.25) is 0 Å². The van der Waals surface area contributed by atoms with Crippen LogP contribution in [0.25, 0.3) is 0 Å². The van der Waals surface area contributed by atoms with E-state index in [9.17, 15) is 4.79 Å². The standard InChI is InChI=1S/C14H29N3O2/c1-4-17(5-2)14(18)7-6-9-16(3)12-13-11-15-8-10-19-13/h13,15H,4-12H2,1-3H3. The van der Waals surface area contributed by atoms with E-state index in [0.717, 1.165) is 52.3 Å². The third-order valence-electron chi connectivity index (χ3n) is 3.57. The fourth-order valence-electron chi connectivity index (χ4n) is 2.41. The summed E-state index contributed by atoms with van der Waals surface area (Å²) in [5.41, 5.74) is 0. The van der Waals surface area contributed by atoms with Crippen LogP contribution in [0.15, 0.2) is 0 Å². The van der Waals surface area contributed by atoms with Crippen molar-refractivity contribution in [1.82, 2.24) is 15.1 Å². The molecule has 1 saturated heterocycles. The molecule has 0 radical (unpaired) electrons. The molecule has 1 unspecified atom stereocenters. The van der Waals surface area contributed by atoms with E-state index in [2.05, 4.69) is 17.3 Å². The van der Waals surface area contributed by atoms with Crippen LogP contribution in [0, 0.1) is 0 Å². The van der Waals surface area contributed by atoms with Gasteiger partial charge in [0.2, 0.25) is 5.91 Å². The van der Waals surface area contributed by atoms with Crippen molar-refractivity contribution in [3.05, 3.63) is 0 Å². The van der Waals surface area contributed by atoms with Crippen LogP contribution in [0.4, 0.5) is 0 Å². The summed E-state index contributed by atoms with van der Waals surface area (Å²) in [6.45, 7) is 10.3. The molecule has 1 aliphatic rings. The summed E-state index contributed by atoms with van der Waals surface area (Å²) in [5.74, 6) is 0.272. The number of hydrogen-bond donors (Lipinski definition) is 1. The quantitative estimate of drug-likeness (QED) is 0.700. The van der Waals surface area contributed by atoms with Crippen LogP contribution in [0.3, 0.4) is 0 Å². The zero-order valence-electron chi connectivity index (χ0n) is 12.7. The highest BCUT2D eigenvalue weighted by Gasteiger charge is 2.15. The van der Waals surface area contributed by atoms with E-state index in [4.69, 9.17) is 4.74 Å². The Morgan fingerprint density at radius 1 is 1.37 bits per heavy atom.